The molecule has 2 aromatic heterocycles. The zero-order valence-electron chi connectivity index (χ0n) is 10.7. The minimum absolute atomic E-state index is 0.146. The van der Waals surface area contributed by atoms with E-state index in [1.165, 1.54) is 6.33 Å². The van der Waals surface area contributed by atoms with Crippen molar-refractivity contribution in [3.63, 3.8) is 0 Å². The van der Waals surface area contributed by atoms with Crippen LogP contribution >= 0.6 is 0 Å². The maximum atomic E-state index is 5.82. The van der Waals surface area contributed by atoms with E-state index in [1.807, 2.05) is 30.6 Å². The highest BCUT2D eigenvalue weighted by molar-refractivity contribution is 5.77. The van der Waals surface area contributed by atoms with Crippen molar-refractivity contribution in [1.82, 2.24) is 15.3 Å². The Kier molecular flexibility index (Phi) is 3.25. The number of aromatic nitrogens is 2. The average molecular weight is 253 g/mol. The van der Waals surface area contributed by atoms with Gasteiger partial charge in [0.25, 0.3) is 0 Å². The molecule has 1 N–H and O–H groups in total. The predicted molar refractivity (Wildman–Crippen MR) is 73.5 cm³/mol. The third kappa shape index (κ3) is 2.63. The van der Waals surface area contributed by atoms with Gasteiger partial charge in [0, 0.05) is 29.9 Å². The topological polar surface area (TPSA) is 51.0 Å². The predicted octanol–water partition coefficient (Wildman–Crippen LogP) is 3.07. The normalized spacial score (nSPS) is 12.7. The van der Waals surface area contributed by atoms with Gasteiger partial charge < -0.3 is 9.73 Å². The number of benzene rings is 1. The molecule has 0 amide bonds. The zero-order chi connectivity index (χ0) is 13.1. The van der Waals surface area contributed by atoms with Gasteiger partial charge in [-0.05, 0) is 19.1 Å². The quantitative estimate of drug-likeness (QED) is 0.776. The summed E-state index contributed by atoms with van der Waals surface area (Å²) < 4.78 is 5.82. The lowest BCUT2D eigenvalue weighted by atomic mass is 10.2. The molecule has 96 valence electrons. The van der Waals surface area contributed by atoms with Crippen LogP contribution in [-0.2, 0) is 6.54 Å². The molecule has 4 heteroatoms. The van der Waals surface area contributed by atoms with Gasteiger partial charge in [0.05, 0.1) is 6.04 Å². The first-order valence-corrected chi connectivity index (χ1v) is 6.28. The molecule has 0 aliphatic rings. The Hall–Kier alpha value is -2.20. The van der Waals surface area contributed by atoms with Crippen LogP contribution in [0.4, 0.5) is 0 Å². The summed E-state index contributed by atoms with van der Waals surface area (Å²) >= 11 is 0. The molecule has 4 nitrogen and oxygen atoms in total. The van der Waals surface area contributed by atoms with Crippen LogP contribution in [0.1, 0.15) is 24.3 Å². The molecule has 0 radical (unpaired) electrons. The van der Waals surface area contributed by atoms with Crippen molar-refractivity contribution < 1.29 is 4.42 Å². The van der Waals surface area contributed by atoms with Crippen molar-refractivity contribution in [1.29, 1.82) is 0 Å². The Balaban J connectivity index is 1.71. The maximum absolute atomic E-state index is 5.82. The monoisotopic (exact) mass is 253 g/mol. The van der Waals surface area contributed by atoms with Crippen LogP contribution in [-0.4, -0.2) is 9.97 Å². The summed E-state index contributed by atoms with van der Waals surface area (Å²) in [5.74, 6) is 0.943. The minimum Gasteiger partial charge on any atom is -0.459 e. The molecular weight excluding hydrogens is 238 g/mol. The highest BCUT2D eigenvalue weighted by Crippen LogP contribution is 2.23. The molecule has 0 aliphatic carbocycles. The van der Waals surface area contributed by atoms with Crippen molar-refractivity contribution in [3.05, 3.63) is 60.4 Å². The van der Waals surface area contributed by atoms with Gasteiger partial charge >= 0.3 is 0 Å². The van der Waals surface area contributed by atoms with Crippen molar-refractivity contribution >= 4 is 11.0 Å². The molecule has 0 fully saturated rings. The zero-order valence-corrected chi connectivity index (χ0v) is 10.7. The Morgan fingerprint density at radius 3 is 2.79 bits per heavy atom. The molecule has 0 bridgehead atoms. The Labute approximate surface area is 111 Å². The lowest BCUT2D eigenvalue weighted by molar-refractivity contribution is 0.450. The fourth-order valence-electron chi connectivity index (χ4n) is 2.01. The van der Waals surface area contributed by atoms with Crippen LogP contribution in [0.2, 0.25) is 0 Å². The van der Waals surface area contributed by atoms with Crippen LogP contribution in [0, 0.1) is 0 Å². The highest BCUT2D eigenvalue weighted by Gasteiger charge is 2.10. The SMILES string of the molecule is CC(NCc1cncnc1)c1cc2ccccc2o1. The van der Waals surface area contributed by atoms with Crippen LogP contribution in [0.5, 0.6) is 0 Å². The fourth-order valence-corrected chi connectivity index (χ4v) is 2.01. The van der Waals surface area contributed by atoms with E-state index in [9.17, 15) is 0 Å². The lowest BCUT2D eigenvalue weighted by Crippen LogP contribution is -2.17. The van der Waals surface area contributed by atoms with Crippen molar-refractivity contribution in [2.45, 2.75) is 19.5 Å². The standard InChI is InChI=1S/C15H15N3O/c1-11(18-9-12-7-16-10-17-8-12)15-6-13-4-2-3-5-14(13)19-15/h2-8,10-11,18H,9H2,1H3. The van der Waals surface area contributed by atoms with Gasteiger partial charge in [0.2, 0.25) is 0 Å². The Bertz CT molecular complexity index is 630. The average Bonchev–Trinajstić information content (AvgIpc) is 2.90. The molecule has 3 aromatic rings. The first kappa shape index (κ1) is 11.9. The molecular formula is C15H15N3O. The van der Waals surface area contributed by atoms with Gasteiger partial charge in [-0.15, -0.1) is 0 Å². The highest BCUT2D eigenvalue weighted by atomic mass is 16.3. The van der Waals surface area contributed by atoms with E-state index in [1.54, 1.807) is 0 Å². The summed E-state index contributed by atoms with van der Waals surface area (Å²) in [5, 5.41) is 4.54. The molecule has 2 heterocycles. The summed E-state index contributed by atoms with van der Waals surface area (Å²) in [6.45, 7) is 2.81. The number of para-hydroxylation sites is 1. The van der Waals surface area contributed by atoms with Crippen molar-refractivity contribution in [2.75, 3.05) is 0 Å². The van der Waals surface area contributed by atoms with Gasteiger partial charge in [-0.25, -0.2) is 9.97 Å². The first-order chi connectivity index (χ1) is 9.33. The molecule has 0 saturated carbocycles. The number of furan rings is 1. The molecule has 1 aromatic carbocycles. The third-order valence-electron chi connectivity index (χ3n) is 3.10. The smallest absolute Gasteiger partial charge is 0.134 e. The summed E-state index contributed by atoms with van der Waals surface area (Å²) in [6, 6.07) is 10.3. The molecule has 0 aliphatic heterocycles. The molecule has 1 unspecified atom stereocenters. The minimum atomic E-state index is 0.146. The van der Waals surface area contributed by atoms with Crippen molar-refractivity contribution in [3.8, 4) is 0 Å². The molecule has 0 saturated heterocycles. The maximum Gasteiger partial charge on any atom is 0.134 e. The number of nitrogens with zero attached hydrogens (tertiary/aromatic N) is 2. The largest absolute Gasteiger partial charge is 0.459 e. The van der Waals surface area contributed by atoms with E-state index in [2.05, 4.69) is 34.3 Å². The first-order valence-electron chi connectivity index (χ1n) is 6.28. The summed E-state index contributed by atoms with van der Waals surface area (Å²) in [6.07, 6.45) is 5.16. The van der Waals surface area contributed by atoms with E-state index in [0.29, 0.717) is 0 Å². The van der Waals surface area contributed by atoms with E-state index in [-0.39, 0.29) is 6.04 Å². The number of fused-ring (bicyclic) bond motifs is 1. The van der Waals surface area contributed by atoms with Crippen LogP contribution in [0.3, 0.4) is 0 Å². The van der Waals surface area contributed by atoms with Crippen LogP contribution in [0.15, 0.2) is 53.5 Å². The van der Waals surface area contributed by atoms with Crippen LogP contribution in [0.25, 0.3) is 11.0 Å². The number of hydrogen-bond donors (Lipinski definition) is 1. The second kappa shape index (κ2) is 5.20. The second-order valence-electron chi connectivity index (χ2n) is 4.54. The molecule has 19 heavy (non-hydrogen) atoms. The molecule has 1 atom stereocenters. The van der Waals surface area contributed by atoms with E-state index in [0.717, 1.165) is 28.8 Å². The molecule has 3 rings (SSSR count). The van der Waals surface area contributed by atoms with Gasteiger partial charge in [0.15, 0.2) is 0 Å². The fraction of sp³-hybridized carbons (Fsp3) is 0.200. The van der Waals surface area contributed by atoms with E-state index < -0.39 is 0 Å². The van der Waals surface area contributed by atoms with E-state index >= 15 is 0 Å². The van der Waals surface area contributed by atoms with E-state index in [4.69, 9.17) is 4.42 Å². The van der Waals surface area contributed by atoms with Crippen molar-refractivity contribution in [2.24, 2.45) is 0 Å². The van der Waals surface area contributed by atoms with Gasteiger partial charge in [-0.2, -0.15) is 0 Å². The van der Waals surface area contributed by atoms with Gasteiger partial charge in [-0.1, -0.05) is 18.2 Å². The number of rotatable bonds is 4. The second-order valence-corrected chi connectivity index (χ2v) is 4.54. The molecule has 0 spiro atoms. The third-order valence-corrected chi connectivity index (χ3v) is 3.10. The Morgan fingerprint density at radius 1 is 1.21 bits per heavy atom. The lowest BCUT2D eigenvalue weighted by Gasteiger charge is -2.10. The number of hydrogen-bond acceptors (Lipinski definition) is 4. The van der Waals surface area contributed by atoms with Gasteiger partial charge in [0.1, 0.15) is 17.7 Å². The summed E-state index contributed by atoms with van der Waals surface area (Å²) in [7, 11) is 0. The Morgan fingerprint density at radius 2 is 2.00 bits per heavy atom. The van der Waals surface area contributed by atoms with Gasteiger partial charge in [-0.3, -0.25) is 0 Å². The van der Waals surface area contributed by atoms with Crippen LogP contribution < -0.4 is 5.32 Å². The number of nitrogens with one attached hydrogen (secondary N) is 1. The summed E-state index contributed by atoms with van der Waals surface area (Å²) in [4.78, 5) is 7.99. The summed E-state index contributed by atoms with van der Waals surface area (Å²) in [5.41, 5.74) is 1.99.